The SMILES string of the molecule is CCc1ccc(C(CNC(=O)Cc2ccc(OC)c(OC)c2)N(C)C)cc1. The number of nitrogens with zero attached hydrogens (tertiary/aromatic N) is 1. The number of benzene rings is 2. The number of hydrogen-bond donors (Lipinski definition) is 1. The number of likely N-dealkylation sites (N-methyl/N-ethyl adjacent to an activating group) is 1. The van der Waals surface area contributed by atoms with Crippen LogP contribution in [-0.2, 0) is 17.6 Å². The van der Waals surface area contributed by atoms with Gasteiger partial charge in [0.2, 0.25) is 5.91 Å². The second kappa shape index (κ2) is 9.97. The highest BCUT2D eigenvalue weighted by Crippen LogP contribution is 2.27. The zero-order chi connectivity index (χ0) is 19.8. The van der Waals surface area contributed by atoms with E-state index in [0.29, 0.717) is 24.5 Å². The van der Waals surface area contributed by atoms with Gasteiger partial charge in [-0.15, -0.1) is 0 Å². The van der Waals surface area contributed by atoms with Gasteiger partial charge >= 0.3 is 0 Å². The molecule has 1 atom stereocenters. The molecule has 146 valence electrons. The van der Waals surface area contributed by atoms with Crippen LogP contribution in [0.2, 0.25) is 0 Å². The maximum Gasteiger partial charge on any atom is 0.224 e. The summed E-state index contributed by atoms with van der Waals surface area (Å²) in [4.78, 5) is 14.5. The molecule has 27 heavy (non-hydrogen) atoms. The van der Waals surface area contributed by atoms with Crippen LogP contribution in [0.15, 0.2) is 42.5 Å². The van der Waals surface area contributed by atoms with E-state index >= 15 is 0 Å². The average Bonchev–Trinajstić information content (AvgIpc) is 2.68. The van der Waals surface area contributed by atoms with Gasteiger partial charge in [-0.25, -0.2) is 0 Å². The Balaban J connectivity index is 1.99. The molecule has 0 heterocycles. The highest BCUT2D eigenvalue weighted by Gasteiger charge is 2.16. The number of ether oxygens (including phenoxy) is 2. The molecule has 5 heteroatoms. The van der Waals surface area contributed by atoms with Crippen LogP contribution in [-0.4, -0.2) is 45.7 Å². The number of aryl methyl sites for hydroxylation is 1. The molecule has 0 aliphatic heterocycles. The van der Waals surface area contributed by atoms with E-state index in [4.69, 9.17) is 9.47 Å². The topological polar surface area (TPSA) is 50.8 Å². The minimum absolute atomic E-state index is 0.0146. The smallest absolute Gasteiger partial charge is 0.224 e. The van der Waals surface area contributed by atoms with Crippen molar-refractivity contribution in [2.24, 2.45) is 0 Å². The lowest BCUT2D eigenvalue weighted by atomic mass is 10.0. The van der Waals surface area contributed by atoms with Crippen molar-refractivity contribution in [3.63, 3.8) is 0 Å². The van der Waals surface area contributed by atoms with E-state index in [1.807, 2.05) is 32.3 Å². The highest BCUT2D eigenvalue weighted by molar-refractivity contribution is 5.78. The van der Waals surface area contributed by atoms with Crippen molar-refractivity contribution in [3.8, 4) is 11.5 Å². The molecule has 0 saturated heterocycles. The summed E-state index contributed by atoms with van der Waals surface area (Å²) in [6, 6.07) is 14.3. The van der Waals surface area contributed by atoms with Gasteiger partial charge in [-0.2, -0.15) is 0 Å². The number of rotatable bonds is 9. The third-order valence-corrected chi connectivity index (χ3v) is 4.70. The lowest BCUT2D eigenvalue weighted by Crippen LogP contribution is -2.35. The number of amides is 1. The Morgan fingerprint density at radius 3 is 2.19 bits per heavy atom. The van der Waals surface area contributed by atoms with Crippen LogP contribution in [0.5, 0.6) is 11.5 Å². The first-order valence-corrected chi connectivity index (χ1v) is 9.21. The summed E-state index contributed by atoms with van der Waals surface area (Å²) >= 11 is 0. The molecule has 0 aromatic heterocycles. The molecule has 5 nitrogen and oxygen atoms in total. The number of hydrogen-bond acceptors (Lipinski definition) is 4. The molecule has 0 bridgehead atoms. The minimum atomic E-state index is -0.0146. The Morgan fingerprint density at radius 1 is 1.00 bits per heavy atom. The molecular formula is C22H30N2O3. The minimum Gasteiger partial charge on any atom is -0.493 e. The molecule has 0 saturated carbocycles. The summed E-state index contributed by atoms with van der Waals surface area (Å²) in [5, 5.41) is 3.05. The molecule has 2 aromatic rings. The molecule has 2 rings (SSSR count). The van der Waals surface area contributed by atoms with Crippen LogP contribution in [0.1, 0.15) is 29.7 Å². The van der Waals surface area contributed by atoms with Crippen molar-refractivity contribution in [1.82, 2.24) is 10.2 Å². The van der Waals surface area contributed by atoms with Crippen LogP contribution < -0.4 is 14.8 Å². The fraction of sp³-hybridized carbons (Fsp3) is 0.409. The quantitative estimate of drug-likeness (QED) is 0.736. The van der Waals surface area contributed by atoms with Crippen molar-refractivity contribution in [3.05, 3.63) is 59.2 Å². The van der Waals surface area contributed by atoms with Crippen molar-refractivity contribution in [2.45, 2.75) is 25.8 Å². The fourth-order valence-electron chi connectivity index (χ4n) is 3.02. The molecule has 0 radical (unpaired) electrons. The lowest BCUT2D eigenvalue weighted by molar-refractivity contribution is -0.120. The third-order valence-electron chi connectivity index (χ3n) is 4.70. The maximum absolute atomic E-state index is 12.4. The predicted octanol–water partition coefficient (Wildman–Crippen LogP) is 3.23. The lowest BCUT2D eigenvalue weighted by Gasteiger charge is -2.25. The van der Waals surface area contributed by atoms with Gasteiger partial charge in [0.05, 0.1) is 26.7 Å². The van der Waals surface area contributed by atoms with Gasteiger partial charge in [0.15, 0.2) is 11.5 Å². The third kappa shape index (κ3) is 5.73. The summed E-state index contributed by atoms with van der Waals surface area (Å²) in [6.07, 6.45) is 1.32. The Hall–Kier alpha value is -2.53. The summed E-state index contributed by atoms with van der Waals surface area (Å²) in [6.45, 7) is 2.71. The van der Waals surface area contributed by atoms with Gasteiger partial charge in [0.1, 0.15) is 0 Å². The zero-order valence-corrected chi connectivity index (χ0v) is 16.9. The molecule has 0 aliphatic carbocycles. The van der Waals surface area contributed by atoms with Gasteiger partial charge in [-0.3, -0.25) is 4.79 Å². The Kier molecular flexibility index (Phi) is 7.67. The first-order valence-electron chi connectivity index (χ1n) is 9.21. The summed E-state index contributed by atoms with van der Waals surface area (Å²) in [5.74, 6) is 1.27. The summed E-state index contributed by atoms with van der Waals surface area (Å²) in [7, 11) is 7.24. The molecule has 0 fully saturated rings. The van der Waals surface area contributed by atoms with Gasteiger partial charge in [0.25, 0.3) is 0 Å². The molecule has 1 amide bonds. The van der Waals surface area contributed by atoms with E-state index in [1.54, 1.807) is 14.2 Å². The van der Waals surface area contributed by atoms with Gasteiger partial charge in [0, 0.05) is 6.54 Å². The van der Waals surface area contributed by atoms with Gasteiger partial charge < -0.3 is 19.7 Å². The highest BCUT2D eigenvalue weighted by atomic mass is 16.5. The van der Waals surface area contributed by atoms with Crippen LogP contribution in [0.3, 0.4) is 0 Å². The van der Waals surface area contributed by atoms with Gasteiger partial charge in [-0.05, 0) is 49.3 Å². The van der Waals surface area contributed by atoms with Crippen molar-refractivity contribution in [1.29, 1.82) is 0 Å². The van der Waals surface area contributed by atoms with Crippen molar-refractivity contribution >= 4 is 5.91 Å². The zero-order valence-electron chi connectivity index (χ0n) is 16.9. The van der Waals surface area contributed by atoms with E-state index in [0.717, 1.165) is 12.0 Å². The van der Waals surface area contributed by atoms with E-state index in [2.05, 4.69) is 41.4 Å². The Labute approximate surface area is 162 Å². The van der Waals surface area contributed by atoms with E-state index in [9.17, 15) is 4.79 Å². The maximum atomic E-state index is 12.4. The Morgan fingerprint density at radius 2 is 1.63 bits per heavy atom. The monoisotopic (exact) mass is 370 g/mol. The molecular weight excluding hydrogens is 340 g/mol. The van der Waals surface area contributed by atoms with Crippen molar-refractivity contribution < 1.29 is 14.3 Å². The second-order valence-electron chi connectivity index (χ2n) is 6.74. The average molecular weight is 370 g/mol. The van der Waals surface area contributed by atoms with Crippen LogP contribution in [0, 0.1) is 0 Å². The first kappa shape index (κ1) is 20.8. The number of methoxy groups -OCH3 is 2. The standard InChI is InChI=1S/C22H30N2O3/c1-6-16-7-10-18(11-8-16)19(24(2)3)15-23-22(25)14-17-9-12-20(26-4)21(13-17)27-5/h7-13,19H,6,14-15H2,1-5H3,(H,23,25). The second-order valence-corrected chi connectivity index (χ2v) is 6.74. The molecule has 2 aromatic carbocycles. The number of carbonyl (C=O) groups is 1. The van der Waals surface area contributed by atoms with E-state index in [-0.39, 0.29) is 11.9 Å². The van der Waals surface area contributed by atoms with Crippen LogP contribution >= 0.6 is 0 Å². The van der Waals surface area contributed by atoms with Gasteiger partial charge in [-0.1, -0.05) is 37.3 Å². The number of carbonyl (C=O) groups excluding carboxylic acids is 1. The number of nitrogens with one attached hydrogen (secondary N) is 1. The molecule has 0 aliphatic rings. The molecule has 1 N–H and O–H groups in total. The first-order chi connectivity index (χ1) is 13.0. The Bertz CT molecular complexity index is 742. The molecule has 0 spiro atoms. The van der Waals surface area contributed by atoms with Crippen LogP contribution in [0.4, 0.5) is 0 Å². The largest absolute Gasteiger partial charge is 0.493 e. The van der Waals surface area contributed by atoms with Crippen molar-refractivity contribution in [2.75, 3.05) is 34.9 Å². The fourth-order valence-corrected chi connectivity index (χ4v) is 3.02. The normalized spacial score (nSPS) is 11.9. The van der Waals surface area contributed by atoms with E-state index in [1.165, 1.54) is 11.1 Å². The van der Waals surface area contributed by atoms with E-state index < -0.39 is 0 Å². The van der Waals surface area contributed by atoms with Crippen LogP contribution in [0.25, 0.3) is 0 Å². The predicted molar refractivity (Wildman–Crippen MR) is 109 cm³/mol. The summed E-state index contributed by atoms with van der Waals surface area (Å²) < 4.78 is 10.5. The summed E-state index contributed by atoms with van der Waals surface area (Å²) in [5.41, 5.74) is 3.40. The molecule has 1 unspecified atom stereocenters.